The zero-order valence-corrected chi connectivity index (χ0v) is 14.7. The molecule has 0 unspecified atom stereocenters. The highest BCUT2D eigenvalue weighted by Gasteiger charge is 2.28. The van der Waals surface area contributed by atoms with Crippen LogP contribution in [-0.4, -0.2) is 25.3 Å². The number of hydrogen-bond acceptors (Lipinski definition) is 4. The molecule has 0 saturated carbocycles. The summed E-state index contributed by atoms with van der Waals surface area (Å²) in [4.78, 5) is 12.1. The van der Waals surface area contributed by atoms with Crippen molar-refractivity contribution in [1.82, 2.24) is 0 Å². The molecule has 1 N–H and O–H groups in total. The molecule has 0 radical (unpaired) electrons. The Morgan fingerprint density at radius 1 is 1.15 bits per heavy atom. The highest BCUT2D eigenvalue weighted by molar-refractivity contribution is 5.92. The van der Waals surface area contributed by atoms with Gasteiger partial charge in [-0.15, -0.1) is 0 Å². The van der Waals surface area contributed by atoms with Crippen LogP contribution in [0.2, 0.25) is 0 Å². The van der Waals surface area contributed by atoms with Crippen molar-refractivity contribution < 1.29 is 27.4 Å². The monoisotopic (exact) mass is 378 g/mol. The fourth-order valence-corrected chi connectivity index (χ4v) is 2.34. The molecule has 0 bridgehead atoms. The van der Waals surface area contributed by atoms with Gasteiger partial charge < -0.3 is 14.8 Å². The molecule has 2 aromatic carbocycles. The number of anilines is 1. The van der Waals surface area contributed by atoms with E-state index in [1.165, 1.54) is 18.2 Å². The molecule has 1 amide bonds. The van der Waals surface area contributed by atoms with Crippen molar-refractivity contribution in [3.05, 3.63) is 53.1 Å². The molecule has 27 heavy (non-hydrogen) atoms. The van der Waals surface area contributed by atoms with E-state index in [4.69, 9.17) is 10.00 Å². The van der Waals surface area contributed by atoms with Gasteiger partial charge in [0.2, 0.25) is 0 Å². The Balaban J connectivity index is 2.00. The van der Waals surface area contributed by atoms with Gasteiger partial charge in [-0.1, -0.05) is 18.2 Å². The summed E-state index contributed by atoms with van der Waals surface area (Å²) in [5.74, 6) is -0.0635. The average molecular weight is 378 g/mol. The Morgan fingerprint density at radius 2 is 1.81 bits per heavy atom. The van der Waals surface area contributed by atoms with Crippen LogP contribution in [0, 0.1) is 25.2 Å². The number of carbonyl (C=O) groups is 1. The van der Waals surface area contributed by atoms with E-state index in [1.807, 2.05) is 32.0 Å². The summed E-state index contributed by atoms with van der Waals surface area (Å²) in [7, 11) is 0. The number of benzene rings is 2. The predicted octanol–water partition coefficient (Wildman–Crippen LogP) is 4.13. The van der Waals surface area contributed by atoms with Gasteiger partial charge in [-0.05, 0) is 43.2 Å². The standard InChI is InChI=1S/C19H17F3N2O3/c1-12-4-3-5-13(2)18(12)26-10-17(25)24-15-6-7-16(14(8-15)9-23)27-11-19(20,21)22/h3-8H,10-11H2,1-2H3,(H,24,25). The molecule has 0 aromatic heterocycles. The first-order chi connectivity index (χ1) is 12.7. The minimum atomic E-state index is -4.51. The van der Waals surface area contributed by atoms with Crippen molar-refractivity contribution >= 4 is 11.6 Å². The van der Waals surface area contributed by atoms with Crippen LogP contribution in [0.25, 0.3) is 0 Å². The topological polar surface area (TPSA) is 71.3 Å². The first-order valence-corrected chi connectivity index (χ1v) is 7.92. The fourth-order valence-electron chi connectivity index (χ4n) is 2.34. The molecule has 142 valence electrons. The van der Waals surface area contributed by atoms with E-state index in [1.54, 1.807) is 6.07 Å². The first-order valence-electron chi connectivity index (χ1n) is 7.92. The molecule has 2 rings (SSSR count). The summed E-state index contributed by atoms with van der Waals surface area (Å²) in [6, 6.07) is 11.1. The molecule has 0 aliphatic carbocycles. The SMILES string of the molecule is Cc1cccc(C)c1OCC(=O)Nc1ccc(OCC(F)(F)F)c(C#N)c1. The van der Waals surface area contributed by atoms with Crippen LogP contribution >= 0.6 is 0 Å². The molecule has 8 heteroatoms. The summed E-state index contributed by atoms with van der Waals surface area (Å²) in [6.45, 7) is 1.97. The summed E-state index contributed by atoms with van der Waals surface area (Å²) in [5, 5.41) is 11.6. The van der Waals surface area contributed by atoms with Crippen molar-refractivity contribution in [1.29, 1.82) is 5.26 Å². The summed E-state index contributed by atoms with van der Waals surface area (Å²) < 4.78 is 46.8. The van der Waals surface area contributed by atoms with Gasteiger partial charge in [0.1, 0.15) is 17.6 Å². The van der Waals surface area contributed by atoms with Gasteiger partial charge in [0.25, 0.3) is 5.91 Å². The van der Waals surface area contributed by atoms with E-state index in [-0.39, 0.29) is 23.6 Å². The third-order valence-electron chi connectivity index (χ3n) is 3.53. The molecule has 0 atom stereocenters. The molecular formula is C19H17F3N2O3. The number of hydrogen-bond donors (Lipinski definition) is 1. The molecule has 0 aliphatic rings. The number of nitrogens with zero attached hydrogens (tertiary/aromatic N) is 1. The molecular weight excluding hydrogens is 361 g/mol. The maximum atomic E-state index is 12.2. The fraction of sp³-hybridized carbons (Fsp3) is 0.263. The van der Waals surface area contributed by atoms with Gasteiger partial charge in [-0.25, -0.2) is 0 Å². The Morgan fingerprint density at radius 3 is 2.41 bits per heavy atom. The van der Waals surface area contributed by atoms with Crippen LogP contribution in [0.15, 0.2) is 36.4 Å². The van der Waals surface area contributed by atoms with E-state index < -0.39 is 18.7 Å². The van der Waals surface area contributed by atoms with E-state index in [2.05, 4.69) is 10.1 Å². The number of alkyl halides is 3. The van der Waals surface area contributed by atoms with Gasteiger partial charge in [-0.3, -0.25) is 4.79 Å². The Hall–Kier alpha value is -3.21. The van der Waals surface area contributed by atoms with Crippen LogP contribution in [-0.2, 0) is 4.79 Å². The van der Waals surface area contributed by atoms with Crippen LogP contribution in [0.3, 0.4) is 0 Å². The van der Waals surface area contributed by atoms with Crippen LogP contribution in [0.4, 0.5) is 18.9 Å². The number of halogens is 3. The summed E-state index contributed by atoms with van der Waals surface area (Å²) >= 11 is 0. The van der Waals surface area contributed by atoms with Gasteiger partial charge in [0.05, 0.1) is 5.56 Å². The Bertz CT molecular complexity index is 853. The van der Waals surface area contributed by atoms with Gasteiger partial charge in [0, 0.05) is 5.69 Å². The smallest absolute Gasteiger partial charge is 0.422 e. The summed E-state index contributed by atoms with van der Waals surface area (Å²) in [6.07, 6.45) is -4.51. The second-order valence-corrected chi connectivity index (χ2v) is 5.78. The number of aryl methyl sites for hydroxylation is 2. The second kappa shape index (κ2) is 8.45. The number of carbonyl (C=O) groups excluding carboxylic acids is 1. The number of rotatable bonds is 6. The number of ether oxygens (including phenoxy) is 2. The first kappa shape index (κ1) is 20.1. The zero-order valence-electron chi connectivity index (χ0n) is 14.7. The predicted molar refractivity (Wildman–Crippen MR) is 92.7 cm³/mol. The largest absolute Gasteiger partial charge is 0.483 e. The number of amides is 1. The number of nitrogens with one attached hydrogen (secondary N) is 1. The molecule has 2 aromatic rings. The zero-order chi connectivity index (χ0) is 20.0. The Kier molecular flexibility index (Phi) is 6.29. The van der Waals surface area contributed by atoms with Crippen molar-refractivity contribution in [3.8, 4) is 17.6 Å². The Labute approximate surface area is 154 Å². The lowest BCUT2D eigenvalue weighted by Gasteiger charge is -2.13. The van der Waals surface area contributed by atoms with Crippen molar-refractivity contribution in [2.45, 2.75) is 20.0 Å². The quantitative estimate of drug-likeness (QED) is 0.820. The molecule has 0 aliphatic heterocycles. The average Bonchev–Trinajstić information content (AvgIpc) is 2.59. The normalized spacial score (nSPS) is 10.8. The minimum absolute atomic E-state index is 0.118. The lowest BCUT2D eigenvalue weighted by atomic mass is 10.1. The van der Waals surface area contributed by atoms with E-state index in [9.17, 15) is 18.0 Å². The lowest BCUT2D eigenvalue weighted by Crippen LogP contribution is -2.21. The third-order valence-corrected chi connectivity index (χ3v) is 3.53. The molecule has 0 fully saturated rings. The van der Waals surface area contributed by atoms with Crippen molar-refractivity contribution in [2.75, 3.05) is 18.5 Å². The lowest BCUT2D eigenvalue weighted by molar-refractivity contribution is -0.153. The third kappa shape index (κ3) is 5.92. The van der Waals surface area contributed by atoms with Gasteiger partial charge in [0.15, 0.2) is 13.2 Å². The van der Waals surface area contributed by atoms with Crippen molar-refractivity contribution in [2.24, 2.45) is 0 Å². The van der Waals surface area contributed by atoms with Gasteiger partial charge >= 0.3 is 6.18 Å². The van der Waals surface area contributed by atoms with Crippen molar-refractivity contribution in [3.63, 3.8) is 0 Å². The minimum Gasteiger partial charge on any atom is -0.483 e. The molecule has 5 nitrogen and oxygen atoms in total. The molecule has 0 saturated heterocycles. The molecule has 0 spiro atoms. The number of para-hydroxylation sites is 1. The second-order valence-electron chi connectivity index (χ2n) is 5.78. The highest BCUT2D eigenvalue weighted by Crippen LogP contribution is 2.25. The van der Waals surface area contributed by atoms with Gasteiger partial charge in [-0.2, -0.15) is 18.4 Å². The number of nitriles is 1. The van der Waals surface area contributed by atoms with E-state index in [0.29, 0.717) is 5.75 Å². The van der Waals surface area contributed by atoms with Crippen LogP contribution in [0.1, 0.15) is 16.7 Å². The van der Waals surface area contributed by atoms with Crippen LogP contribution in [0.5, 0.6) is 11.5 Å². The maximum Gasteiger partial charge on any atom is 0.422 e. The highest BCUT2D eigenvalue weighted by atomic mass is 19.4. The van der Waals surface area contributed by atoms with E-state index in [0.717, 1.165) is 11.1 Å². The van der Waals surface area contributed by atoms with E-state index >= 15 is 0 Å². The maximum absolute atomic E-state index is 12.2. The summed E-state index contributed by atoms with van der Waals surface area (Å²) in [5.41, 5.74) is 1.91. The molecule has 0 heterocycles. The van der Waals surface area contributed by atoms with Crippen LogP contribution < -0.4 is 14.8 Å².